The van der Waals surface area contributed by atoms with Crippen molar-refractivity contribution < 1.29 is 28.6 Å². The summed E-state index contributed by atoms with van der Waals surface area (Å²) in [5.41, 5.74) is 0. The number of nitrogens with one attached hydrogen (secondary N) is 1. The fourth-order valence-corrected chi connectivity index (χ4v) is 7.12. The molecule has 1 amide bonds. The maximum absolute atomic E-state index is 12.7. The third-order valence-corrected chi connectivity index (χ3v) is 10.6. The van der Waals surface area contributed by atoms with Gasteiger partial charge in [0.25, 0.3) is 0 Å². The molecule has 8 nitrogen and oxygen atoms in total. The molecule has 0 saturated carbocycles. The Bertz CT molecular complexity index is 825. The van der Waals surface area contributed by atoms with Crippen LogP contribution in [0.4, 0.5) is 4.79 Å². The third-order valence-electron chi connectivity index (χ3n) is 10.6. The van der Waals surface area contributed by atoms with E-state index in [-0.39, 0.29) is 24.1 Å². The standard InChI is InChI=1S/C46H90N2O6/c1-5-8-11-14-16-25-32-42-53-44(49)36-28-21-17-23-30-39-48(41-33-38-47-46(51)52-4)40-31-24-18-22-29-37-45(50)54-43(34-26-19-13-10-7-3)35-27-20-15-12-9-6-2/h43H,5-42H2,1-4H3,(H,47,51). The monoisotopic (exact) mass is 767 g/mol. The average molecular weight is 767 g/mol. The molecule has 0 aliphatic heterocycles. The fourth-order valence-electron chi connectivity index (χ4n) is 7.12. The van der Waals surface area contributed by atoms with Crippen LogP contribution in [0.1, 0.15) is 233 Å². The molecule has 0 bridgehead atoms. The van der Waals surface area contributed by atoms with Crippen molar-refractivity contribution in [2.75, 3.05) is 39.9 Å². The van der Waals surface area contributed by atoms with Gasteiger partial charge < -0.3 is 24.4 Å². The number of ether oxygens (including phenoxy) is 3. The minimum Gasteiger partial charge on any atom is -0.466 e. The Kier molecular flexibility index (Phi) is 40.9. The molecule has 0 aliphatic rings. The molecule has 0 radical (unpaired) electrons. The predicted octanol–water partition coefficient (Wildman–Crippen LogP) is 13.0. The molecular weight excluding hydrogens is 677 g/mol. The van der Waals surface area contributed by atoms with E-state index in [0.29, 0.717) is 26.0 Å². The maximum atomic E-state index is 12.7. The van der Waals surface area contributed by atoms with Gasteiger partial charge >= 0.3 is 18.0 Å². The van der Waals surface area contributed by atoms with Gasteiger partial charge in [0.15, 0.2) is 0 Å². The van der Waals surface area contributed by atoms with Crippen LogP contribution in [0.3, 0.4) is 0 Å². The Labute approximate surface area is 334 Å². The van der Waals surface area contributed by atoms with Crippen LogP contribution in [-0.2, 0) is 23.8 Å². The topological polar surface area (TPSA) is 94.2 Å². The Hall–Kier alpha value is -1.83. The van der Waals surface area contributed by atoms with E-state index in [4.69, 9.17) is 14.2 Å². The van der Waals surface area contributed by atoms with Crippen molar-refractivity contribution in [1.82, 2.24) is 10.2 Å². The highest BCUT2D eigenvalue weighted by molar-refractivity contribution is 5.69. The number of amides is 1. The van der Waals surface area contributed by atoms with E-state index < -0.39 is 0 Å². The summed E-state index contributed by atoms with van der Waals surface area (Å²) in [4.78, 5) is 38.8. The smallest absolute Gasteiger partial charge is 0.406 e. The fraction of sp³-hybridized carbons (Fsp3) is 0.935. The van der Waals surface area contributed by atoms with Gasteiger partial charge in [-0.15, -0.1) is 0 Å². The van der Waals surface area contributed by atoms with Crippen molar-refractivity contribution in [2.24, 2.45) is 0 Å². The molecule has 0 aromatic carbocycles. The summed E-state index contributed by atoms with van der Waals surface area (Å²) >= 11 is 0. The van der Waals surface area contributed by atoms with Crippen LogP contribution in [0, 0.1) is 0 Å². The highest BCUT2D eigenvalue weighted by Gasteiger charge is 2.14. The largest absolute Gasteiger partial charge is 0.466 e. The first-order chi connectivity index (χ1) is 26.5. The molecule has 1 unspecified atom stereocenters. The Morgan fingerprint density at radius 3 is 1.39 bits per heavy atom. The van der Waals surface area contributed by atoms with Crippen LogP contribution in [-0.4, -0.2) is 68.9 Å². The van der Waals surface area contributed by atoms with Gasteiger partial charge in [-0.3, -0.25) is 9.59 Å². The summed E-state index contributed by atoms with van der Waals surface area (Å²) < 4.78 is 16.2. The number of rotatable bonds is 42. The minimum atomic E-state index is -0.372. The summed E-state index contributed by atoms with van der Waals surface area (Å²) in [6.45, 7) is 11.0. The molecule has 0 heterocycles. The van der Waals surface area contributed by atoms with Crippen molar-refractivity contribution >= 4 is 18.0 Å². The van der Waals surface area contributed by atoms with E-state index in [2.05, 4.69) is 31.0 Å². The van der Waals surface area contributed by atoms with Crippen molar-refractivity contribution in [3.63, 3.8) is 0 Å². The number of hydrogen-bond acceptors (Lipinski definition) is 7. The van der Waals surface area contributed by atoms with Crippen LogP contribution in [0.15, 0.2) is 0 Å². The number of carbonyl (C=O) groups excluding carboxylic acids is 3. The Morgan fingerprint density at radius 2 is 0.889 bits per heavy atom. The van der Waals surface area contributed by atoms with Crippen LogP contribution >= 0.6 is 0 Å². The molecule has 8 heteroatoms. The molecule has 0 spiro atoms. The molecule has 0 saturated heterocycles. The van der Waals surface area contributed by atoms with Crippen LogP contribution in [0.5, 0.6) is 0 Å². The second-order valence-corrected chi connectivity index (χ2v) is 15.9. The van der Waals surface area contributed by atoms with Crippen molar-refractivity contribution in [1.29, 1.82) is 0 Å². The minimum absolute atomic E-state index is 0.00464. The van der Waals surface area contributed by atoms with Crippen molar-refractivity contribution in [2.45, 2.75) is 239 Å². The number of unbranched alkanes of at least 4 members (excludes halogenated alkanes) is 23. The molecule has 0 aliphatic carbocycles. The second-order valence-electron chi connectivity index (χ2n) is 15.9. The summed E-state index contributed by atoms with van der Waals surface area (Å²) in [5.74, 6) is -0.0337. The van der Waals surface area contributed by atoms with Gasteiger partial charge in [0, 0.05) is 19.4 Å². The first-order valence-corrected chi connectivity index (χ1v) is 23.4. The van der Waals surface area contributed by atoms with E-state index in [0.717, 1.165) is 103 Å². The lowest BCUT2D eigenvalue weighted by molar-refractivity contribution is -0.150. The van der Waals surface area contributed by atoms with Crippen molar-refractivity contribution in [3.8, 4) is 0 Å². The first kappa shape index (κ1) is 52.2. The van der Waals surface area contributed by atoms with Gasteiger partial charge in [-0.05, 0) is 83.8 Å². The molecule has 1 atom stereocenters. The van der Waals surface area contributed by atoms with E-state index in [9.17, 15) is 14.4 Å². The number of methoxy groups -OCH3 is 1. The zero-order chi connectivity index (χ0) is 39.6. The number of alkyl carbamates (subject to hydrolysis) is 1. The van der Waals surface area contributed by atoms with E-state index in [1.807, 2.05) is 0 Å². The number of hydrogen-bond donors (Lipinski definition) is 1. The zero-order valence-electron chi connectivity index (χ0n) is 36.3. The lowest BCUT2D eigenvalue weighted by Gasteiger charge is -2.22. The molecule has 0 aromatic heterocycles. The normalized spacial score (nSPS) is 11.9. The molecule has 1 N–H and O–H groups in total. The van der Waals surface area contributed by atoms with E-state index in [1.54, 1.807) is 0 Å². The molecular formula is C46H90N2O6. The molecule has 320 valence electrons. The lowest BCUT2D eigenvalue weighted by atomic mass is 10.0. The van der Waals surface area contributed by atoms with Gasteiger partial charge in [-0.25, -0.2) is 4.79 Å². The van der Waals surface area contributed by atoms with Crippen LogP contribution in [0.25, 0.3) is 0 Å². The summed E-state index contributed by atoms with van der Waals surface area (Å²) in [5, 5.41) is 2.80. The third kappa shape index (κ3) is 38.4. The second kappa shape index (κ2) is 42.3. The number of carbonyl (C=O) groups is 3. The summed E-state index contributed by atoms with van der Waals surface area (Å²) in [6, 6.07) is 0. The van der Waals surface area contributed by atoms with Gasteiger partial charge in [0.2, 0.25) is 0 Å². The van der Waals surface area contributed by atoms with Crippen molar-refractivity contribution in [3.05, 3.63) is 0 Å². The first-order valence-electron chi connectivity index (χ1n) is 23.4. The van der Waals surface area contributed by atoms with E-state index >= 15 is 0 Å². The van der Waals surface area contributed by atoms with Gasteiger partial charge in [-0.2, -0.15) is 0 Å². The zero-order valence-corrected chi connectivity index (χ0v) is 36.3. The average Bonchev–Trinajstić information content (AvgIpc) is 3.17. The highest BCUT2D eigenvalue weighted by atomic mass is 16.5. The Morgan fingerprint density at radius 1 is 0.481 bits per heavy atom. The molecule has 54 heavy (non-hydrogen) atoms. The van der Waals surface area contributed by atoms with Gasteiger partial charge in [-0.1, -0.05) is 156 Å². The van der Waals surface area contributed by atoms with Crippen LogP contribution in [0.2, 0.25) is 0 Å². The summed E-state index contributed by atoms with van der Waals surface area (Å²) in [6.07, 6.45) is 37.2. The molecule has 0 aromatic rings. The lowest BCUT2D eigenvalue weighted by Crippen LogP contribution is -2.31. The highest BCUT2D eigenvalue weighted by Crippen LogP contribution is 2.18. The van der Waals surface area contributed by atoms with E-state index in [1.165, 1.54) is 123 Å². The summed E-state index contributed by atoms with van der Waals surface area (Å²) in [7, 11) is 1.40. The quantitative estimate of drug-likeness (QED) is 0.0375. The number of nitrogens with zero attached hydrogens (tertiary/aromatic N) is 1. The molecule has 0 rings (SSSR count). The SMILES string of the molecule is CCCCCCCCCOC(=O)CCCCCCCN(CCCCCCCC(=O)OC(CCCCCCC)CCCCCCCC)CCCNC(=O)OC. The Balaban J connectivity index is 4.27. The molecule has 0 fully saturated rings. The number of esters is 2. The van der Waals surface area contributed by atoms with Gasteiger partial charge in [0.1, 0.15) is 6.10 Å². The van der Waals surface area contributed by atoms with Crippen LogP contribution < -0.4 is 5.32 Å². The predicted molar refractivity (Wildman–Crippen MR) is 227 cm³/mol. The maximum Gasteiger partial charge on any atom is 0.406 e. The van der Waals surface area contributed by atoms with Gasteiger partial charge in [0.05, 0.1) is 13.7 Å².